The van der Waals surface area contributed by atoms with Crippen molar-refractivity contribution < 1.29 is 4.74 Å². The molecule has 2 N–H and O–H groups in total. The van der Waals surface area contributed by atoms with E-state index in [1.807, 2.05) is 47.5 Å². The van der Waals surface area contributed by atoms with Crippen molar-refractivity contribution in [1.82, 2.24) is 25.1 Å². The molecule has 1 aliphatic heterocycles. The SMILES string of the molecule is [B]CCOc1ccc(-c2csc3cnc(Nc4cnn(C5CCNCC5)c4)nc23)cc1. The minimum absolute atomic E-state index is 0.445. The first-order valence-electron chi connectivity index (χ1n) is 10.5. The van der Waals surface area contributed by atoms with Gasteiger partial charge in [-0.25, -0.2) is 9.97 Å². The summed E-state index contributed by atoms with van der Waals surface area (Å²) in [5, 5.41) is 13.4. The summed E-state index contributed by atoms with van der Waals surface area (Å²) >= 11 is 1.64. The molecule has 0 saturated carbocycles. The number of thiophene rings is 1. The molecular formula is C22H23BN6OS. The summed E-state index contributed by atoms with van der Waals surface area (Å²) < 4.78 is 8.67. The molecule has 1 aromatic carbocycles. The van der Waals surface area contributed by atoms with E-state index in [9.17, 15) is 0 Å². The number of rotatable bonds is 7. The molecule has 0 spiro atoms. The minimum atomic E-state index is 0.445. The van der Waals surface area contributed by atoms with Crippen LogP contribution in [0.1, 0.15) is 18.9 Å². The Hall–Kier alpha value is -2.91. The Morgan fingerprint density at radius 3 is 2.84 bits per heavy atom. The van der Waals surface area contributed by atoms with Gasteiger partial charge >= 0.3 is 0 Å². The number of nitrogens with zero attached hydrogens (tertiary/aromatic N) is 4. The van der Waals surface area contributed by atoms with Gasteiger partial charge in [-0.05, 0) is 43.6 Å². The van der Waals surface area contributed by atoms with Crippen molar-refractivity contribution in [3.63, 3.8) is 0 Å². The van der Waals surface area contributed by atoms with E-state index >= 15 is 0 Å². The zero-order valence-corrected chi connectivity index (χ0v) is 17.9. The van der Waals surface area contributed by atoms with Crippen molar-refractivity contribution in [1.29, 1.82) is 0 Å². The number of fused-ring (bicyclic) bond motifs is 1. The standard InChI is InChI=1S/C22H23BN6OS/c23-7-10-30-18-3-1-15(2-4-18)19-14-31-20-12-25-22(28-21(19)20)27-16-11-26-29(13-16)17-5-8-24-9-6-17/h1-4,11-14,17,24H,5-10H2,(H,25,27,28). The normalized spacial score (nSPS) is 14.7. The van der Waals surface area contributed by atoms with E-state index < -0.39 is 0 Å². The van der Waals surface area contributed by atoms with Crippen LogP contribution in [0.25, 0.3) is 21.3 Å². The second-order valence-electron chi connectivity index (χ2n) is 7.53. The number of piperidine rings is 1. The maximum atomic E-state index is 5.58. The number of aromatic nitrogens is 4. The lowest BCUT2D eigenvalue weighted by atomic mass is 10.1. The zero-order chi connectivity index (χ0) is 21.0. The first-order chi connectivity index (χ1) is 15.3. The van der Waals surface area contributed by atoms with Crippen LogP contribution in [0.4, 0.5) is 11.6 Å². The van der Waals surface area contributed by atoms with Crippen molar-refractivity contribution in [3.05, 3.63) is 48.2 Å². The van der Waals surface area contributed by atoms with Crippen LogP contribution in [0.2, 0.25) is 6.32 Å². The summed E-state index contributed by atoms with van der Waals surface area (Å²) in [6.07, 6.45) is 8.44. The van der Waals surface area contributed by atoms with Crippen molar-refractivity contribution in [2.24, 2.45) is 0 Å². The maximum absolute atomic E-state index is 5.58. The fraction of sp³-hybridized carbons (Fsp3) is 0.318. The molecule has 0 aliphatic carbocycles. The number of ether oxygens (including phenoxy) is 1. The fourth-order valence-corrected chi connectivity index (χ4v) is 4.68. The molecule has 0 unspecified atom stereocenters. The number of hydrogen-bond acceptors (Lipinski definition) is 7. The van der Waals surface area contributed by atoms with Crippen LogP contribution < -0.4 is 15.4 Å². The largest absolute Gasteiger partial charge is 0.494 e. The Bertz CT molecular complexity index is 1150. The molecule has 0 amide bonds. The highest BCUT2D eigenvalue weighted by Crippen LogP contribution is 2.34. The van der Waals surface area contributed by atoms with E-state index in [4.69, 9.17) is 17.6 Å². The van der Waals surface area contributed by atoms with E-state index in [1.165, 1.54) is 0 Å². The Morgan fingerprint density at radius 1 is 1.19 bits per heavy atom. The number of nitrogens with one attached hydrogen (secondary N) is 2. The molecule has 4 aromatic rings. The first kappa shape index (κ1) is 20.0. The van der Waals surface area contributed by atoms with E-state index in [1.54, 1.807) is 11.3 Å². The molecule has 1 fully saturated rings. The average molecular weight is 430 g/mol. The predicted molar refractivity (Wildman–Crippen MR) is 126 cm³/mol. The zero-order valence-electron chi connectivity index (χ0n) is 17.1. The van der Waals surface area contributed by atoms with Crippen LogP contribution in [0, 0.1) is 0 Å². The van der Waals surface area contributed by atoms with Gasteiger partial charge in [0.15, 0.2) is 0 Å². The third-order valence-electron chi connectivity index (χ3n) is 5.41. The van der Waals surface area contributed by atoms with Crippen molar-refractivity contribution >= 4 is 41.0 Å². The van der Waals surface area contributed by atoms with Gasteiger partial charge in [0.2, 0.25) is 5.95 Å². The highest BCUT2D eigenvalue weighted by Gasteiger charge is 2.16. The first-order valence-corrected chi connectivity index (χ1v) is 11.4. The molecule has 156 valence electrons. The molecule has 4 heterocycles. The van der Waals surface area contributed by atoms with Gasteiger partial charge in [-0.3, -0.25) is 4.68 Å². The summed E-state index contributed by atoms with van der Waals surface area (Å²) in [5.74, 6) is 1.39. The van der Waals surface area contributed by atoms with Crippen LogP contribution in [-0.4, -0.2) is 47.3 Å². The van der Waals surface area contributed by atoms with Gasteiger partial charge in [-0.15, -0.1) is 11.3 Å². The number of benzene rings is 1. The molecule has 9 heteroatoms. The molecule has 2 radical (unpaired) electrons. The molecule has 0 atom stereocenters. The van der Waals surface area contributed by atoms with E-state index in [2.05, 4.69) is 26.1 Å². The smallest absolute Gasteiger partial charge is 0.227 e. The van der Waals surface area contributed by atoms with Crippen molar-refractivity contribution in [2.45, 2.75) is 25.2 Å². The molecule has 31 heavy (non-hydrogen) atoms. The van der Waals surface area contributed by atoms with Gasteiger partial charge in [0.25, 0.3) is 0 Å². The summed E-state index contributed by atoms with van der Waals surface area (Å²) in [4.78, 5) is 9.28. The average Bonchev–Trinajstić information content (AvgIpc) is 3.46. The summed E-state index contributed by atoms with van der Waals surface area (Å²) in [5.41, 5.74) is 4.01. The quantitative estimate of drug-likeness (QED) is 0.429. The lowest BCUT2D eigenvalue weighted by Crippen LogP contribution is -2.29. The third kappa shape index (κ3) is 4.43. The van der Waals surface area contributed by atoms with Crippen molar-refractivity contribution in [3.8, 4) is 16.9 Å². The van der Waals surface area contributed by atoms with Gasteiger partial charge < -0.3 is 15.4 Å². The lowest BCUT2D eigenvalue weighted by Gasteiger charge is -2.22. The van der Waals surface area contributed by atoms with Crippen LogP contribution >= 0.6 is 11.3 Å². The monoisotopic (exact) mass is 430 g/mol. The van der Waals surface area contributed by atoms with Gasteiger partial charge in [-0.1, -0.05) is 18.5 Å². The minimum Gasteiger partial charge on any atom is -0.494 e. The van der Waals surface area contributed by atoms with E-state index in [-0.39, 0.29) is 0 Å². The topological polar surface area (TPSA) is 76.9 Å². The van der Waals surface area contributed by atoms with Crippen LogP contribution in [-0.2, 0) is 0 Å². The van der Waals surface area contributed by atoms with Crippen molar-refractivity contribution in [2.75, 3.05) is 25.0 Å². The van der Waals surface area contributed by atoms with E-state index in [0.717, 1.165) is 58.7 Å². The molecule has 5 rings (SSSR count). The van der Waals surface area contributed by atoms with Gasteiger partial charge in [0.05, 0.1) is 48.8 Å². The number of hydrogen-bond donors (Lipinski definition) is 2. The molecule has 7 nitrogen and oxygen atoms in total. The maximum Gasteiger partial charge on any atom is 0.227 e. The van der Waals surface area contributed by atoms with Gasteiger partial charge in [0, 0.05) is 17.1 Å². The van der Waals surface area contributed by atoms with Gasteiger partial charge in [-0.2, -0.15) is 5.10 Å². The molecule has 3 aromatic heterocycles. The van der Waals surface area contributed by atoms with Crippen LogP contribution in [0.15, 0.2) is 48.2 Å². The highest BCUT2D eigenvalue weighted by molar-refractivity contribution is 7.17. The molecule has 1 saturated heterocycles. The second kappa shape index (κ2) is 9.07. The summed E-state index contributed by atoms with van der Waals surface area (Å²) in [6, 6.07) is 8.46. The summed E-state index contributed by atoms with van der Waals surface area (Å²) in [6.45, 7) is 2.58. The van der Waals surface area contributed by atoms with Crippen LogP contribution in [0.5, 0.6) is 5.75 Å². The Balaban J connectivity index is 1.36. The molecule has 1 aliphatic rings. The van der Waals surface area contributed by atoms with Gasteiger partial charge in [0.1, 0.15) is 5.75 Å². The Kier molecular flexibility index (Phi) is 5.86. The fourth-order valence-electron chi connectivity index (χ4n) is 3.80. The second-order valence-corrected chi connectivity index (χ2v) is 8.44. The van der Waals surface area contributed by atoms with Crippen LogP contribution in [0.3, 0.4) is 0 Å². The van der Waals surface area contributed by atoms with E-state index in [0.29, 0.717) is 24.9 Å². The Morgan fingerprint density at radius 2 is 2.03 bits per heavy atom. The highest BCUT2D eigenvalue weighted by atomic mass is 32.1. The predicted octanol–water partition coefficient (Wildman–Crippen LogP) is 4.19. The number of anilines is 2. The Labute approximate surface area is 186 Å². The third-order valence-corrected chi connectivity index (χ3v) is 6.31. The lowest BCUT2D eigenvalue weighted by molar-refractivity contribution is 0.340. The summed E-state index contributed by atoms with van der Waals surface area (Å²) in [7, 11) is 5.50. The molecular weight excluding hydrogens is 407 g/mol. The molecule has 0 bridgehead atoms.